The van der Waals surface area contributed by atoms with Crippen LogP contribution in [0.4, 0.5) is 5.82 Å². The van der Waals surface area contributed by atoms with Crippen LogP contribution in [-0.2, 0) is 0 Å². The van der Waals surface area contributed by atoms with Gasteiger partial charge in [-0.25, -0.2) is 9.97 Å². The van der Waals surface area contributed by atoms with Crippen molar-refractivity contribution < 1.29 is 0 Å². The molecule has 3 nitrogen and oxygen atoms in total. The predicted molar refractivity (Wildman–Crippen MR) is 79.5 cm³/mol. The molecule has 1 aliphatic rings. The molecule has 2 heterocycles. The number of aromatic nitrogens is 2. The molecule has 0 N–H and O–H groups in total. The van der Waals surface area contributed by atoms with E-state index >= 15 is 0 Å². The van der Waals surface area contributed by atoms with E-state index in [4.69, 9.17) is 0 Å². The van der Waals surface area contributed by atoms with Crippen LogP contribution in [0.15, 0.2) is 24.5 Å². The van der Waals surface area contributed by atoms with Crippen molar-refractivity contribution >= 4 is 16.7 Å². The van der Waals surface area contributed by atoms with E-state index in [2.05, 4.69) is 46.9 Å². The molecule has 0 spiro atoms. The standard InChI is InChI=1S/C16H21N3/c1-12-4-3-8-19(9-7-12)16-14-10-13(2)5-6-15(14)17-11-18-16/h5-6,10-12H,3-4,7-9H2,1-2H3. The first-order valence-corrected chi connectivity index (χ1v) is 7.20. The Morgan fingerprint density at radius 2 is 2.05 bits per heavy atom. The van der Waals surface area contributed by atoms with Gasteiger partial charge in [-0.2, -0.15) is 0 Å². The molecule has 0 aliphatic carbocycles. The number of benzene rings is 1. The Labute approximate surface area is 114 Å². The molecule has 1 aromatic carbocycles. The summed E-state index contributed by atoms with van der Waals surface area (Å²) in [5.74, 6) is 1.95. The third-order valence-corrected chi connectivity index (χ3v) is 4.09. The highest BCUT2D eigenvalue weighted by Crippen LogP contribution is 2.27. The maximum absolute atomic E-state index is 4.55. The van der Waals surface area contributed by atoms with Crippen molar-refractivity contribution in [3.8, 4) is 0 Å². The van der Waals surface area contributed by atoms with E-state index in [1.807, 2.05) is 0 Å². The van der Waals surface area contributed by atoms with Gasteiger partial charge in [0.2, 0.25) is 0 Å². The van der Waals surface area contributed by atoms with Crippen LogP contribution in [-0.4, -0.2) is 23.1 Å². The minimum atomic E-state index is 0.833. The van der Waals surface area contributed by atoms with E-state index in [1.165, 1.54) is 30.2 Å². The average Bonchev–Trinajstić information content (AvgIpc) is 2.63. The van der Waals surface area contributed by atoms with Crippen molar-refractivity contribution in [2.24, 2.45) is 5.92 Å². The smallest absolute Gasteiger partial charge is 0.139 e. The van der Waals surface area contributed by atoms with Crippen molar-refractivity contribution in [1.82, 2.24) is 9.97 Å². The maximum Gasteiger partial charge on any atom is 0.139 e. The first-order valence-electron chi connectivity index (χ1n) is 7.20. The van der Waals surface area contributed by atoms with E-state index in [9.17, 15) is 0 Å². The predicted octanol–water partition coefficient (Wildman–Crippen LogP) is 3.56. The molecule has 3 heteroatoms. The van der Waals surface area contributed by atoms with E-state index in [0.29, 0.717) is 0 Å². The topological polar surface area (TPSA) is 29.0 Å². The Hall–Kier alpha value is -1.64. The van der Waals surface area contributed by atoms with Crippen LogP contribution in [0.25, 0.3) is 10.9 Å². The van der Waals surface area contributed by atoms with Gasteiger partial charge in [-0.3, -0.25) is 0 Å². The molecule has 1 aromatic heterocycles. The minimum Gasteiger partial charge on any atom is -0.356 e. The Bertz CT molecular complexity index is 579. The van der Waals surface area contributed by atoms with Crippen LogP contribution in [0.3, 0.4) is 0 Å². The summed E-state index contributed by atoms with van der Waals surface area (Å²) >= 11 is 0. The fourth-order valence-electron chi connectivity index (χ4n) is 2.88. The third kappa shape index (κ3) is 2.55. The highest BCUT2D eigenvalue weighted by Gasteiger charge is 2.17. The van der Waals surface area contributed by atoms with Gasteiger partial charge in [0.25, 0.3) is 0 Å². The first kappa shape index (κ1) is 12.4. The van der Waals surface area contributed by atoms with Crippen molar-refractivity contribution in [2.45, 2.75) is 33.1 Å². The van der Waals surface area contributed by atoms with Crippen LogP contribution in [0, 0.1) is 12.8 Å². The summed E-state index contributed by atoms with van der Waals surface area (Å²) in [5.41, 5.74) is 2.32. The zero-order valence-electron chi connectivity index (χ0n) is 11.8. The summed E-state index contributed by atoms with van der Waals surface area (Å²) in [6.45, 7) is 6.71. The zero-order chi connectivity index (χ0) is 13.2. The Kier molecular flexibility index (Phi) is 3.36. The van der Waals surface area contributed by atoms with Gasteiger partial charge < -0.3 is 4.90 Å². The lowest BCUT2D eigenvalue weighted by atomic mass is 10.0. The largest absolute Gasteiger partial charge is 0.356 e. The highest BCUT2D eigenvalue weighted by molar-refractivity contribution is 5.89. The molecule has 1 unspecified atom stereocenters. The van der Waals surface area contributed by atoms with Crippen molar-refractivity contribution in [3.05, 3.63) is 30.1 Å². The molecule has 2 aromatic rings. The summed E-state index contributed by atoms with van der Waals surface area (Å²) in [5, 5.41) is 1.19. The summed E-state index contributed by atoms with van der Waals surface area (Å²) in [6.07, 6.45) is 5.55. The van der Waals surface area contributed by atoms with Gasteiger partial charge in [-0.15, -0.1) is 0 Å². The van der Waals surface area contributed by atoms with Gasteiger partial charge in [-0.05, 0) is 44.2 Å². The van der Waals surface area contributed by atoms with Crippen LogP contribution in [0.5, 0.6) is 0 Å². The second-order valence-corrected chi connectivity index (χ2v) is 5.74. The first-order chi connectivity index (χ1) is 9.24. The molecule has 1 aliphatic heterocycles. The SMILES string of the molecule is Cc1ccc2ncnc(N3CCCC(C)CC3)c2c1. The molecule has 1 atom stereocenters. The summed E-state index contributed by atoms with van der Waals surface area (Å²) < 4.78 is 0. The van der Waals surface area contributed by atoms with Crippen molar-refractivity contribution in [1.29, 1.82) is 0 Å². The van der Waals surface area contributed by atoms with Crippen LogP contribution in [0.2, 0.25) is 0 Å². The Morgan fingerprint density at radius 3 is 2.95 bits per heavy atom. The number of hydrogen-bond acceptors (Lipinski definition) is 3. The molecule has 1 fully saturated rings. The second-order valence-electron chi connectivity index (χ2n) is 5.74. The molecule has 3 rings (SSSR count). The van der Waals surface area contributed by atoms with Crippen LogP contribution >= 0.6 is 0 Å². The molecular formula is C16H21N3. The van der Waals surface area contributed by atoms with E-state index in [0.717, 1.165) is 30.3 Å². The normalized spacial score (nSPS) is 20.5. The minimum absolute atomic E-state index is 0.833. The molecule has 100 valence electrons. The number of hydrogen-bond donors (Lipinski definition) is 0. The number of nitrogens with zero attached hydrogens (tertiary/aromatic N) is 3. The maximum atomic E-state index is 4.55. The van der Waals surface area contributed by atoms with Gasteiger partial charge in [0.1, 0.15) is 12.1 Å². The quantitative estimate of drug-likeness (QED) is 0.780. The van der Waals surface area contributed by atoms with Gasteiger partial charge in [-0.1, -0.05) is 18.6 Å². The number of aryl methyl sites for hydroxylation is 1. The Morgan fingerprint density at radius 1 is 1.16 bits per heavy atom. The number of fused-ring (bicyclic) bond motifs is 1. The van der Waals surface area contributed by atoms with Gasteiger partial charge in [0, 0.05) is 18.5 Å². The lowest BCUT2D eigenvalue weighted by Gasteiger charge is -2.22. The third-order valence-electron chi connectivity index (χ3n) is 4.09. The van der Waals surface area contributed by atoms with E-state index in [-0.39, 0.29) is 0 Å². The highest BCUT2D eigenvalue weighted by atomic mass is 15.2. The summed E-state index contributed by atoms with van der Waals surface area (Å²) in [4.78, 5) is 11.4. The fraction of sp³-hybridized carbons (Fsp3) is 0.500. The van der Waals surface area contributed by atoms with Crippen molar-refractivity contribution in [2.75, 3.05) is 18.0 Å². The molecular weight excluding hydrogens is 234 g/mol. The molecule has 19 heavy (non-hydrogen) atoms. The van der Waals surface area contributed by atoms with Crippen LogP contribution < -0.4 is 4.90 Å². The Balaban J connectivity index is 2.01. The molecule has 1 saturated heterocycles. The lowest BCUT2D eigenvalue weighted by Crippen LogP contribution is -2.25. The summed E-state index contributed by atoms with van der Waals surface area (Å²) in [7, 11) is 0. The van der Waals surface area contributed by atoms with Gasteiger partial charge in [0.15, 0.2) is 0 Å². The van der Waals surface area contributed by atoms with E-state index in [1.54, 1.807) is 6.33 Å². The lowest BCUT2D eigenvalue weighted by molar-refractivity contribution is 0.521. The molecule has 0 saturated carbocycles. The van der Waals surface area contributed by atoms with Gasteiger partial charge in [0.05, 0.1) is 5.52 Å². The van der Waals surface area contributed by atoms with E-state index < -0.39 is 0 Å². The molecule has 0 bridgehead atoms. The average molecular weight is 255 g/mol. The fourth-order valence-corrected chi connectivity index (χ4v) is 2.88. The van der Waals surface area contributed by atoms with Crippen molar-refractivity contribution in [3.63, 3.8) is 0 Å². The molecule has 0 radical (unpaired) electrons. The zero-order valence-corrected chi connectivity index (χ0v) is 11.8. The second kappa shape index (κ2) is 5.16. The van der Waals surface area contributed by atoms with Crippen LogP contribution in [0.1, 0.15) is 31.7 Å². The van der Waals surface area contributed by atoms with Gasteiger partial charge >= 0.3 is 0 Å². The summed E-state index contributed by atoms with van der Waals surface area (Å²) in [6, 6.07) is 6.42. The number of rotatable bonds is 1. The number of anilines is 1. The monoisotopic (exact) mass is 255 g/mol. The molecule has 0 amide bonds.